The molecule has 2 aromatic heterocycles. The van der Waals surface area contributed by atoms with Gasteiger partial charge in [-0.3, -0.25) is 4.79 Å². The third-order valence-corrected chi connectivity index (χ3v) is 7.17. The van der Waals surface area contributed by atoms with Gasteiger partial charge < -0.3 is 13.9 Å². The lowest BCUT2D eigenvalue weighted by atomic mass is 10.2. The molecule has 4 aromatic carbocycles. The van der Waals surface area contributed by atoms with Crippen LogP contribution in [0.5, 0.6) is 11.5 Å². The van der Waals surface area contributed by atoms with Crippen molar-refractivity contribution in [1.29, 1.82) is 0 Å². The van der Waals surface area contributed by atoms with Gasteiger partial charge in [-0.25, -0.2) is 4.98 Å². The number of aromatic nitrogens is 2. The third-order valence-electron chi connectivity index (χ3n) is 6.30. The Labute approximate surface area is 242 Å². The molecule has 0 unspecified atom stereocenters. The number of halogens is 2. The smallest absolute Gasteiger partial charge is 0.282 e. The van der Waals surface area contributed by atoms with Crippen LogP contribution in [0, 0.1) is 0 Å². The maximum Gasteiger partial charge on any atom is 0.282 e. The van der Waals surface area contributed by atoms with E-state index in [0.717, 1.165) is 21.0 Å². The van der Waals surface area contributed by atoms with Crippen molar-refractivity contribution < 1.29 is 13.9 Å². The highest BCUT2D eigenvalue weighted by atomic mass is 79.9. The van der Waals surface area contributed by atoms with Gasteiger partial charge >= 0.3 is 0 Å². The summed E-state index contributed by atoms with van der Waals surface area (Å²) in [6.45, 7) is 0.396. The monoisotopic (exact) mass is 613 g/mol. The van der Waals surface area contributed by atoms with Gasteiger partial charge in [0, 0.05) is 5.02 Å². The molecule has 6 aromatic rings. The van der Waals surface area contributed by atoms with E-state index in [-0.39, 0.29) is 11.4 Å². The Kier molecular flexibility index (Phi) is 7.11. The van der Waals surface area contributed by atoms with Gasteiger partial charge in [-0.05, 0) is 87.7 Å². The van der Waals surface area contributed by atoms with Crippen molar-refractivity contribution in [1.82, 2.24) is 9.66 Å². The molecule has 6 rings (SSSR count). The maximum absolute atomic E-state index is 13.5. The number of furan rings is 1. The van der Waals surface area contributed by atoms with Crippen molar-refractivity contribution in [2.24, 2.45) is 5.10 Å². The van der Waals surface area contributed by atoms with Gasteiger partial charge in [-0.1, -0.05) is 41.9 Å². The van der Waals surface area contributed by atoms with Crippen LogP contribution in [0.3, 0.4) is 0 Å². The van der Waals surface area contributed by atoms with Gasteiger partial charge in [-0.2, -0.15) is 9.78 Å². The van der Waals surface area contributed by atoms with Crippen LogP contribution in [-0.4, -0.2) is 23.0 Å². The van der Waals surface area contributed by atoms with Crippen LogP contribution < -0.4 is 15.0 Å². The number of nitrogens with zero attached hydrogens (tertiary/aromatic N) is 3. The number of methoxy groups -OCH3 is 1. The van der Waals surface area contributed by atoms with Crippen LogP contribution in [0.1, 0.15) is 11.1 Å². The summed E-state index contributed by atoms with van der Waals surface area (Å²) >= 11 is 9.54. The minimum Gasteiger partial charge on any atom is -0.496 e. The lowest BCUT2D eigenvalue weighted by molar-refractivity contribution is 0.304. The SMILES string of the molecule is COc1cccc2oc(-c3nc4ccccc4c(=O)n3N=Cc3ccc(OCc4ccc(Cl)cc4)c(Br)c3)cc12. The normalized spacial score (nSPS) is 11.5. The van der Waals surface area contributed by atoms with Crippen molar-refractivity contribution in [3.05, 3.63) is 122 Å². The average molecular weight is 615 g/mol. The zero-order valence-electron chi connectivity index (χ0n) is 21.2. The second-order valence-corrected chi connectivity index (χ2v) is 10.2. The lowest BCUT2D eigenvalue weighted by Gasteiger charge is -2.09. The fourth-order valence-corrected chi connectivity index (χ4v) is 4.93. The minimum absolute atomic E-state index is 0.278. The first kappa shape index (κ1) is 25.9. The van der Waals surface area contributed by atoms with E-state index in [2.05, 4.69) is 21.0 Å². The Morgan fingerprint density at radius 3 is 2.60 bits per heavy atom. The predicted molar refractivity (Wildman–Crippen MR) is 161 cm³/mol. The zero-order valence-corrected chi connectivity index (χ0v) is 23.5. The van der Waals surface area contributed by atoms with Crippen molar-refractivity contribution >= 4 is 55.6 Å². The second-order valence-electron chi connectivity index (χ2n) is 8.90. The molecule has 40 heavy (non-hydrogen) atoms. The topological polar surface area (TPSA) is 78.9 Å². The molecule has 0 N–H and O–H groups in total. The van der Waals surface area contributed by atoms with Gasteiger partial charge in [0.05, 0.1) is 34.1 Å². The fraction of sp³-hybridized carbons (Fsp3) is 0.0645. The molecule has 0 spiro atoms. The van der Waals surface area contributed by atoms with Crippen molar-refractivity contribution in [2.45, 2.75) is 6.61 Å². The van der Waals surface area contributed by atoms with Crippen LogP contribution >= 0.6 is 27.5 Å². The highest BCUT2D eigenvalue weighted by Gasteiger charge is 2.18. The summed E-state index contributed by atoms with van der Waals surface area (Å²) in [4.78, 5) is 18.3. The van der Waals surface area contributed by atoms with Crippen molar-refractivity contribution in [2.75, 3.05) is 7.11 Å². The highest BCUT2D eigenvalue weighted by Crippen LogP contribution is 2.33. The van der Waals surface area contributed by atoms with Crippen LogP contribution in [0.2, 0.25) is 5.02 Å². The maximum atomic E-state index is 13.5. The molecule has 0 bridgehead atoms. The molecular weight excluding hydrogens is 594 g/mol. The minimum atomic E-state index is -0.314. The highest BCUT2D eigenvalue weighted by molar-refractivity contribution is 9.10. The number of fused-ring (bicyclic) bond motifs is 2. The molecule has 0 saturated carbocycles. The second kappa shape index (κ2) is 11.0. The Balaban J connectivity index is 1.36. The van der Waals surface area contributed by atoms with E-state index >= 15 is 0 Å². The average Bonchev–Trinajstić information content (AvgIpc) is 3.41. The standard InChI is InChI=1S/C31H21BrClN3O4/c1-38-26-7-4-8-27-23(26)16-29(40-27)30-35-25-6-3-2-5-22(25)31(37)36(30)34-17-20-11-14-28(24(32)15-20)39-18-19-9-12-21(33)13-10-19/h2-17H,18H2,1H3. The molecule has 0 atom stereocenters. The van der Waals surface area contributed by atoms with E-state index in [1.54, 1.807) is 37.6 Å². The molecule has 0 saturated heterocycles. The fourth-order valence-electron chi connectivity index (χ4n) is 4.29. The van der Waals surface area contributed by atoms with Gasteiger partial charge in [0.25, 0.3) is 5.56 Å². The summed E-state index contributed by atoms with van der Waals surface area (Å²) in [6, 6.07) is 27.5. The molecule has 0 radical (unpaired) electrons. The van der Waals surface area contributed by atoms with E-state index < -0.39 is 0 Å². The molecule has 0 aliphatic heterocycles. The number of hydrogen-bond donors (Lipinski definition) is 0. The van der Waals surface area contributed by atoms with Crippen LogP contribution in [-0.2, 0) is 6.61 Å². The Hall–Kier alpha value is -4.40. The summed E-state index contributed by atoms with van der Waals surface area (Å²) in [7, 11) is 1.60. The third kappa shape index (κ3) is 5.11. The quantitative estimate of drug-likeness (QED) is 0.172. The van der Waals surface area contributed by atoms with E-state index in [1.807, 2.05) is 66.7 Å². The number of para-hydroxylation sites is 1. The van der Waals surface area contributed by atoms with Gasteiger partial charge in [0.2, 0.25) is 5.82 Å². The first-order chi connectivity index (χ1) is 19.5. The zero-order chi connectivity index (χ0) is 27.6. The van der Waals surface area contributed by atoms with Crippen LogP contribution in [0.15, 0.2) is 110 Å². The lowest BCUT2D eigenvalue weighted by Crippen LogP contribution is -2.20. The molecule has 0 fully saturated rings. The largest absolute Gasteiger partial charge is 0.496 e. The van der Waals surface area contributed by atoms with Crippen molar-refractivity contribution in [3.8, 4) is 23.1 Å². The molecule has 198 valence electrons. The number of hydrogen-bond acceptors (Lipinski definition) is 6. The molecule has 0 amide bonds. The van der Waals surface area contributed by atoms with E-state index in [4.69, 9.17) is 30.5 Å². The Morgan fingerprint density at radius 1 is 0.975 bits per heavy atom. The summed E-state index contributed by atoms with van der Waals surface area (Å²) < 4.78 is 19.5. The predicted octanol–water partition coefficient (Wildman–Crippen LogP) is 7.70. The summed E-state index contributed by atoms with van der Waals surface area (Å²) in [5.74, 6) is 2.01. The Morgan fingerprint density at radius 2 is 1.80 bits per heavy atom. The van der Waals surface area contributed by atoms with Gasteiger partial charge in [0.15, 0.2) is 5.76 Å². The van der Waals surface area contributed by atoms with Gasteiger partial charge in [-0.15, -0.1) is 0 Å². The number of benzene rings is 4. The number of ether oxygens (including phenoxy) is 2. The Bertz CT molecular complexity index is 1950. The first-order valence-electron chi connectivity index (χ1n) is 12.3. The van der Waals surface area contributed by atoms with Crippen LogP contribution in [0.25, 0.3) is 33.5 Å². The van der Waals surface area contributed by atoms with E-state index in [0.29, 0.717) is 45.4 Å². The van der Waals surface area contributed by atoms with Crippen LogP contribution in [0.4, 0.5) is 0 Å². The molecule has 0 aliphatic carbocycles. The van der Waals surface area contributed by atoms with E-state index in [1.165, 1.54) is 4.68 Å². The molecule has 9 heteroatoms. The van der Waals surface area contributed by atoms with Gasteiger partial charge in [0.1, 0.15) is 23.7 Å². The summed E-state index contributed by atoms with van der Waals surface area (Å²) in [6.07, 6.45) is 1.60. The molecular formula is C31H21BrClN3O4. The molecule has 2 heterocycles. The van der Waals surface area contributed by atoms with E-state index in [9.17, 15) is 4.79 Å². The number of rotatable bonds is 7. The summed E-state index contributed by atoms with van der Waals surface area (Å²) in [5.41, 5.74) is 2.60. The first-order valence-corrected chi connectivity index (χ1v) is 13.5. The van der Waals surface area contributed by atoms with Crippen molar-refractivity contribution in [3.63, 3.8) is 0 Å². The summed E-state index contributed by atoms with van der Waals surface area (Å²) in [5, 5.41) is 6.44. The molecule has 7 nitrogen and oxygen atoms in total. The molecule has 0 aliphatic rings.